The summed E-state index contributed by atoms with van der Waals surface area (Å²) < 4.78 is 8.02. The summed E-state index contributed by atoms with van der Waals surface area (Å²) in [6.07, 6.45) is 5.80. The number of hydrogen-bond donors (Lipinski definition) is 0. The number of fused-ring (bicyclic) bond motifs is 6. The molecule has 1 aliphatic carbocycles. The summed E-state index contributed by atoms with van der Waals surface area (Å²) in [7, 11) is 1.73. The van der Waals surface area contributed by atoms with Crippen LogP contribution in [0, 0.1) is 0 Å². The number of ether oxygens (including phenoxy) is 1. The van der Waals surface area contributed by atoms with Crippen molar-refractivity contribution in [2.75, 3.05) is 7.11 Å². The molecule has 49 heavy (non-hydrogen) atoms. The van der Waals surface area contributed by atoms with Gasteiger partial charge in [0.05, 0.1) is 29.6 Å². The van der Waals surface area contributed by atoms with Gasteiger partial charge in [-0.2, -0.15) is 0 Å². The van der Waals surface area contributed by atoms with Crippen LogP contribution >= 0.6 is 0 Å². The number of carbonyl (C=O) groups is 2. The molecule has 0 amide bonds. The lowest BCUT2D eigenvalue weighted by Crippen LogP contribution is -2.20. The number of methoxy groups -OCH3 is 1. The minimum Gasteiger partial charge on any atom is -0.497 e. The number of rotatable bonds is 11. The highest BCUT2D eigenvalue weighted by Crippen LogP contribution is 2.54. The molecule has 0 radical (unpaired) electrons. The molecule has 0 spiro atoms. The van der Waals surface area contributed by atoms with Crippen LogP contribution in [0.25, 0.3) is 38.6 Å². The van der Waals surface area contributed by atoms with E-state index < -0.39 is 11.9 Å². The van der Waals surface area contributed by atoms with E-state index in [1.54, 1.807) is 7.11 Å². The van der Waals surface area contributed by atoms with Crippen LogP contribution in [-0.4, -0.2) is 35.0 Å². The van der Waals surface area contributed by atoms with Gasteiger partial charge < -0.3 is 19.0 Å². The molecule has 5 aromatic rings. The van der Waals surface area contributed by atoms with Crippen molar-refractivity contribution in [3.05, 3.63) is 95.1 Å². The van der Waals surface area contributed by atoms with Crippen molar-refractivity contribution in [3.8, 4) is 22.6 Å². The number of carbonyl (C=O) groups excluding carboxylic acids is 2. The van der Waals surface area contributed by atoms with E-state index in [9.17, 15) is 9.59 Å². The number of unbranched alkanes of at least 4 members (excludes halogenated alkanes) is 3. The van der Waals surface area contributed by atoms with Gasteiger partial charge in [0, 0.05) is 35.7 Å². The highest BCUT2D eigenvalue weighted by molar-refractivity contribution is 6.14. The van der Waals surface area contributed by atoms with Gasteiger partial charge in [0.1, 0.15) is 5.75 Å². The topological polar surface area (TPSA) is 91.5 Å². The Hall–Kier alpha value is -5.24. The summed E-state index contributed by atoms with van der Waals surface area (Å²) in [5.41, 5.74) is 11.0. The lowest BCUT2D eigenvalue weighted by atomic mass is 9.76. The second kappa shape index (κ2) is 13.7. The number of oxime groups is 2. The van der Waals surface area contributed by atoms with E-state index in [0.717, 1.165) is 57.2 Å². The van der Waals surface area contributed by atoms with Gasteiger partial charge in [0.2, 0.25) is 0 Å². The van der Waals surface area contributed by atoms with Crippen LogP contribution in [0.5, 0.6) is 5.75 Å². The molecule has 1 heterocycles. The highest BCUT2D eigenvalue weighted by atomic mass is 16.7. The fourth-order valence-electron chi connectivity index (χ4n) is 7.13. The summed E-state index contributed by atoms with van der Waals surface area (Å²) in [6.45, 7) is 11.0. The standard InChI is InChI=1S/C41H43N3O5/c1-8-9-10-11-20-41(6)37-22-32(47-7)17-18-33(37)34-23-36-35-21-30(26(3)43-49-28(5)46)14-19-39(35)44(40(36)24-38(34)41)31-15-12-29(13-16-31)25(2)42-48-27(4)45/h12-19,21-24H,8-11,20H2,1-7H3/b42-25-,43-26+. The third-order valence-electron chi connectivity index (χ3n) is 9.72. The van der Waals surface area contributed by atoms with Crippen molar-refractivity contribution >= 4 is 45.2 Å². The molecular weight excluding hydrogens is 614 g/mol. The average Bonchev–Trinajstić information content (AvgIpc) is 3.55. The third kappa shape index (κ3) is 6.35. The van der Waals surface area contributed by atoms with Gasteiger partial charge in [0.15, 0.2) is 0 Å². The Morgan fingerprint density at radius 3 is 1.98 bits per heavy atom. The minimum atomic E-state index is -0.461. The third-order valence-corrected chi connectivity index (χ3v) is 9.72. The van der Waals surface area contributed by atoms with Crippen LogP contribution in [0.1, 0.15) is 95.9 Å². The zero-order chi connectivity index (χ0) is 34.9. The molecule has 1 aliphatic rings. The normalized spacial score (nSPS) is 15.7. The fraction of sp³-hybridized carbons (Fsp3) is 0.317. The molecule has 252 valence electrons. The number of aromatic nitrogens is 1. The van der Waals surface area contributed by atoms with E-state index in [2.05, 4.69) is 83.3 Å². The Balaban J connectivity index is 1.59. The van der Waals surface area contributed by atoms with E-state index in [1.807, 2.05) is 32.0 Å². The zero-order valence-corrected chi connectivity index (χ0v) is 29.3. The minimum absolute atomic E-state index is 0.186. The van der Waals surface area contributed by atoms with Crippen molar-refractivity contribution in [3.63, 3.8) is 0 Å². The molecule has 1 aromatic heterocycles. The summed E-state index contributed by atoms with van der Waals surface area (Å²) in [4.78, 5) is 32.7. The van der Waals surface area contributed by atoms with Crippen molar-refractivity contribution < 1.29 is 24.0 Å². The highest BCUT2D eigenvalue weighted by Gasteiger charge is 2.40. The quantitative estimate of drug-likeness (QED) is 0.0611. The SMILES string of the molecule is CCCCCCC1(C)c2cc(OC)ccc2-c2cc3c4cc(/C(C)=N/OC(C)=O)ccc4n(-c4ccc(/C(C)=N\OC(C)=O)cc4)c3cc21. The Morgan fingerprint density at radius 1 is 0.694 bits per heavy atom. The Bertz CT molecular complexity index is 2140. The monoisotopic (exact) mass is 657 g/mol. The molecule has 0 aliphatic heterocycles. The summed E-state index contributed by atoms with van der Waals surface area (Å²) in [5, 5.41) is 10.2. The zero-order valence-electron chi connectivity index (χ0n) is 29.3. The van der Waals surface area contributed by atoms with Gasteiger partial charge in [-0.15, -0.1) is 0 Å². The van der Waals surface area contributed by atoms with Crippen LogP contribution < -0.4 is 4.74 Å². The van der Waals surface area contributed by atoms with Crippen LogP contribution in [-0.2, 0) is 24.7 Å². The second-order valence-corrected chi connectivity index (χ2v) is 13.1. The van der Waals surface area contributed by atoms with Crippen LogP contribution in [0.2, 0.25) is 0 Å². The molecule has 1 unspecified atom stereocenters. The van der Waals surface area contributed by atoms with Crippen LogP contribution in [0.15, 0.2) is 83.1 Å². The predicted octanol–water partition coefficient (Wildman–Crippen LogP) is 9.62. The molecule has 6 rings (SSSR count). The Labute approximate surface area is 287 Å². The maximum Gasteiger partial charge on any atom is 0.331 e. The predicted molar refractivity (Wildman–Crippen MR) is 196 cm³/mol. The van der Waals surface area contributed by atoms with E-state index >= 15 is 0 Å². The van der Waals surface area contributed by atoms with Gasteiger partial charge in [0.25, 0.3) is 0 Å². The molecule has 4 aromatic carbocycles. The van der Waals surface area contributed by atoms with Gasteiger partial charge >= 0.3 is 11.9 Å². The maximum absolute atomic E-state index is 11.5. The number of hydrogen-bond acceptors (Lipinski definition) is 7. The Kier molecular flexibility index (Phi) is 9.41. The van der Waals surface area contributed by atoms with E-state index in [-0.39, 0.29) is 5.41 Å². The van der Waals surface area contributed by atoms with Gasteiger partial charge in [-0.3, -0.25) is 0 Å². The first kappa shape index (κ1) is 33.7. The number of benzene rings is 4. The molecule has 8 nitrogen and oxygen atoms in total. The first-order chi connectivity index (χ1) is 23.5. The van der Waals surface area contributed by atoms with E-state index in [4.69, 9.17) is 14.4 Å². The van der Waals surface area contributed by atoms with Crippen molar-refractivity contribution in [1.29, 1.82) is 0 Å². The van der Waals surface area contributed by atoms with Gasteiger partial charge in [-0.1, -0.05) is 74.1 Å². The molecule has 1 atom stereocenters. The summed E-state index contributed by atoms with van der Waals surface area (Å²) >= 11 is 0. The lowest BCUT2D eigenvalue weighted by molar-refractivity contribution is -0.141. The lowest BCUT2D eigenvalue weighted by Gasteiger charge is -2.28. The summed E-state index contributed by atoms with van der Waals surface area (Å²) in [5.74, 6) is -0.0536. The fourth-order valence-corrected chi connectivity index (χ4v) is 7.13. The molecular formula is C41H43N3O5. The number of nitrogens with zero attached hydrogens (tertiary/aromatic N) is 3. The Morgan fingerprint density at radius 2 is 1.33 bits per heavy atom. The molecule has 0 N–H and O–H groups in total. The first-order valence-corrected chi connectivity index (χ1v) is 16.9. The van der Waals surface area contributed by atoms with Crippen LogP contribution in [0.3, 0.4) is 0 Å². The molecule has 0 saturated carbocycles. The maximum atomic E-state index is 11.5. The average molecular weight is 658 g/mol. The van der Waals surface area contributed by atoms with Gasteiger partial charge in [-0.05, 0) is 102 Å². The molecule has 0 bridgehead atoms. The van der Waals surface area contributed by atoms with Crippen molar-refractivity contribution in [2.45, 2.75) is 79.1 Å². The van der Waals surface area contributed by atoms with E-state index in [0.29, 0.717) is 11.4 Å². The largest absolute Gasteiger partial charge is 0.497 e. The molecule has 0 saturated heterocycles. The smallest absolute Gasteiger partial charge is 0.331 e. The second-order valence-electron chi connectivity index (χ2n) is 13.1. The van der Waals surface area contributed by atoms with Crippen LogP contribution in [0.4, 0.5) is 0 Å². The summed E-state index contributed by atoms with van der Waals surface area (Å²) in [6, 6.07) is 25.6. The van der Waals surface area contributed by atoms with Gasteiger partial charge in [-0.25, -0.2) is 9.59 Å². The van der Waals surface area contributed by atoms with Crippen molar-refractivity contribution in [1.82, 2.24) is 4.57 Å². The molecule has 0 fully saturated rings. The molecule has 8 heteroatoms. The van der Waals surface area contributed by atoms with E-state index in [1.165, 1.54) is 55.4 Å². The van der Waals surface area contributed by atoms with Crippen molar-refractivity contribution in [2.24, 2.45) is 10.3 Å². The first-order valence-electron chi connectivity index (χ1n) is 16.9.